The van der Waals surface area contributed by atoms with Crippen molar-refractivity contribution < 1.29 is 32.3 Å². The zero-order valence-corrected chi connectivity index (χ0v) is 21.7. The lowest BCUT2D eigenvalue weighted by molar-refractivity contribution is 0.0900. The molecule has 0 saturated carbocycles. The number of oxazole rings is 1. The predicted octanol–water partition coefficient (Wildman–Crippen LogP) is 4.32. The average Bonchev–Trinajstić information content (AvgIpc) is 3.36. The third kappa shape index (κ3) is 7.51. The number of urea groups is 1. The van der Waals surface area contributed by atoms with E-state index in [4.69, 9.17) is 4.42 Å². The SMILES string of the molecule is O=C(c1nc2ccccc2o1)[C@H](CCc1ccccc1)NC(=O)N(CCS(=O)(=O)Cc1ccccc1)C(=O)O. The topological polar surface area (TPSA) is 147 Å². The number of aryl methyl sites for hydroxylation is 1. The number of ketones is 1. The number of carboxylic acid groups (broad SMARTS) is 1. The summed E-state index contributed by atoms with van der Waals surface area (Å²) in [6.45, 7) is -0.598. The molecular formula is C28H27N3O7S. The second kappa shape index (κ2) is 12.4. The first-order valence-corrected chi connectivity index (χ1v) is 14.0. The third-order valence-electron chi connectivity index (χ3n) is 6.01. The Kier molecular flexibility index (Phi) is 8.72. The highest BCUT2D eigenvalue weighted by atomic mass is 32.2. The van der Waals surface area contributed by atoms with Gasteiger partial charge in [-0.15, -0.1) is 0 Å². The molecule has 1 heterocycles. The molecule has 3 aromatic carbocycles. The number of rotatable bonds is 11. The summed E-state index contributed by atoms with van der Waals surface area (Å²) in [6.07, 6.45) is -1.11. The molecule has 0 aliphatic carbocycles. The number of hydrogen-bond donors (Lipinski definition) is 2. The van der Waals surface area contributed by atoms with Gasteiger partial charge in [0.05, 0.1) is 17.5 Å². The molecule has 2 N–H and O–H groups in total. The number of sulfone groups is 1. The number of carbonyl (C=O) groups is 3. The van der Waals surface area contributed by atoms with Gasteiger partial charge in [-0.2, -0.15) is 0 Å². The van der Waals surface area contributed by atoms with Crippen molar-refractivity contribution in [1.29, 1.82) is 0 Å². The maximum absolute atomic E-state index is 13.4. The van der Waals surface area contributed by atoms with Crippen LogP contribution in [-0.4, -0.2) is 59.7 Å². The van der Waals surface area contributed by atoms with Crippen LogP contribution in [0.4, 0.5) is 9.59 Å². The lowest BCUT2D eigenvalue weighted by atomic mass is 10.0. The van der Waals surface area contributed by atoms with Gasteiger partial charge in [-0.3, -0.25) is 4.79 Å². The Morgan fingerprint density at radius 1 is 0.897 bits per heavy atom. The molecule has 0 bridgehead atoms. The van der Waals surface area contributed by atoms with E-state index in [-0.39, 0.29) is 18.1 Å². The Labute approximate surface area is 225 Å². The van der Waals surface area contributed by atoms with Gasteiger partial charge in [-0.05, 0) is 36.1 Å². The molecule has 4 rings (SSSR count). The van der Waals surface area contributed by atoms with Crippen molar-refractivity contribution in [2.45, 2.75) is 24.6 Å². The third-order valence-corrected chi connectivity index (χ3v) is 7.59. The van der Waals surface area contributed by atoms with Crippen molar-refractivity contribution in [1.82, 2.24) is 15.2 Å². The molecular weight excluding hydrogens is 522 g/mol. The van der Waals surface area contributed by atoms with E-state index in [0.29, 0.717) is 28.0 Å². The van der Waals surface area contributed by atoms with Crippen LogP contribution in [0.1, 0.15) is 28.2 Å². The van der Waals surface area contributed by atoms with Crippen LogP contribution in [0, 0.1) is 0 Å². The number of fused-ring (bicyclic) bond motifs is 1. The number of para-hydroxylation sites is 2. The van der Waals surface area contributed by atoms with Crippen LogP contribution in [0.3, 0.4) is 0 Å². The summed E-state index contributed by atoms with van der Waals surface area (Å²) in [5.74, 6) is -1.71. The summed E-state index contributed by atoms with van der Waals surface area (Å²) in [4.78, 5) is 42.8. The van der Waals surface area contributed by atoms with Crippen molar-refractivity contribution in [3.8, 4) is 0 Å². The van der Waals surface area contributed by atoms with Crippen molar-refractivity contribution in [3.63, 3.8) is 0 Å². The molecule has 4 aromatic rings. The molecule has 10 nitrogen and oxygen atoms in total. The van der Waals surface area contributed by atoms with Crippen LogP contribution in [0.2, 0.25) is 0 Å². The van der Waals surface area contributed by atoms with E-state index >= 15 is 0 Å². The van der Waals surface area contributed by atoms with Gasteiger partial charge >= 0.3 is 12.1 Å². The Balaban J connectivity index is 1.49. The molecule has 0 fully saturated rings. The molecule has 1 atom stereocenters. The summed E-state index contributed by atoms with van der Waals surface area (Å²) in [5, 5.41) is 12.1. The van der Waals surface area contributed by atoms with Crippen LogP contribution < -0.4 is 5.32 Å². The molecule has 0 aliphatic heterocycles. The Morgan fingerprint density at radius 2 is 1.51 bits per heavy atom. The number of aromatic nitrogens is 1. The molecule has 0 saturated heterocycles. The lowest BCUT2D eigenvalue weighted by Crippen LogP contribution is -2.51. The summed E-state index contributed by atoms with van der Waals surface area (Å²) < 4.78 is 30.7. The number of carbonyl (C=O) groups excluding carboxylic acids is 2. The quantitative estimate of drug-likeness (QED) is 0.263. The first kappa shape index (κ1) is 27.5. The molecule has 0 unspecified atom stereocenters. The number of Topliss-reactive ketones (excluding diaryl/α,β-unsaturated/α-hetero) is 1. The van der Waals surface area contributed by atoms with Crippen LogP contribution in [-0.2, 0) is 22.0 Å². The van der Waals surface area contributed by atoms with Crippen molar-refractivity contribution in [3.05, 3.63) is 102 Å². The van der Waals surface area contributed by atoms with Gasteiger partial charge in [-0.1, -0.05) is 72.8 Å². The first-order valence-electron chi connectivity index (χ1n) is 12.2. The Morgan fingerprint density at radius 3 is 2.15 bits per heavy atom. The van der Waals surface area contributed by atoms with E-state index in [2.05, 4.69) is 10.3 Å². The largest absolute Gasteiger partial charge is 0.465 e. The van der Waals surface area contributed by atoms with Gasteiger partial charge in [0.15, 0.2) is 15.4 Å². The van der Waals surface area contributed by atoms with E-state index in [1.807, 2.05) is 30.3 Å². The maximum Gasteiger partial charge on any atom is 0.415 e. The number of imide groups is 1. The highest BCUT2D eigenvalue weighted by Crippen LogP contribution is 2.18. The molecule has 202 valence electrons. The van der Waals surface area contributed by atoms with Crippen LogP contribution in [0.15, 0.2) is 89.3 Å². The minimum absolute atomic E-state index is 0.132. The summed E-state index contributed by atoms with van der Waals surface area (Å²) in [6, 6.07) is 22.2. The van der Waals surface area contributed by atoms with Gasteiger partial charge in [0.25, 0.3) is 5.89 Å². The molecule has 1 aromatic heterocycles. The second-order valence-electron chi connectivity index (χ2n) is 8.89. The zero-order chi connectivity index (χ0) is 27.8. The van der Waals surface area contributed by atoms with Gasteiger partial charge < -0.3 is 14.8 Å². The standard InChI is InChI=1S/C28H27N3O7S/c32-25(26-29-22-13-7-8-14-24(22)38-26)23(16-15-20-9-3-1-4-10-20)30-27(33)31(28(34)35)17-18-39(36,37)19-21-11-5-2-6-12-21/h1-14,23H,15-19H2,(H,30,33)(H,34,35)/t23-/m0/s1. The molecule has 11 heteroatoms. The lowest BCUT2D eigenvalue weighted by Gasteiger charge is -2.22. The second-order valence-corrected chi connectivity index (χ2v) is 11.1. The fraction of sp³-hybridized carbons (Fsp3) is 0.214. The molecule has 0 spiro atoms. The number of nitrogens with zero attached hydrogens (tertiary/aromatic N) is 2. The number of amides is 3. The monoisotopic (exact) mass is 549 g/mol. The van der Waals surface area contributed by atoms with Gasteiger partial charge in [0.1, 0.15) is 5.52 Å². The van der Waals surface area contributed by atoms with Gasteiger partial charge in [0.2, 0.25) is 5.78 Å². The summed E-state index contributed by atoms with van der Waals surface area (Å²) in [5.41, 5.74) is 2.31. The van der Waals surface area contributed by atoms with Gasteiger partial charge in [-0.25, -0.2) is 27.9 Å². The first-order chi connectivity index (χ1) is 18.7. The predicted molar refractivity (Wildman–Crippen MR) is 144 cm³/mol. The normalized spacial score (nSPS) is 12.1. The average molecular weight is 550 g/mol. The molecule has 39 heavy (non-hydrogen) atoms. The van der Waals surface area contributed by atoms with Crippen molar-refractivity contribution in [2.24, 2.45) is 0 Å². The number of benzene rings is 3. The van der Waals surface area contributed by atoms with E-state index < -0.39 is 46.1 Å². The fourth-order valence-corrected chi connectivity index (χ4v) is 5.30. The fourth-order valence-electron chi connectivity index (χ4n) is 3.99. The summed E-state index contributed by atoms with van der Waals surface area (Å²) in [7, 11) is -3.72. The van der Waals surface area contributed by atoms with E-state index in [9.17, 15) is 27.9 Å². The van der Waals surface area contributed by atoms with Crippen LogP contribution in [0.5, 0.6) is 0 Å². The molecule has 3 amide bonds. The smallest absolute Gasteiger partial charge is 0.415 e. The van der Waals surface area contributed by atoms with Crippen molar-refractivity contribution in [2.75, 3.05) is 12.3 Å². The summed E-state index contributed by atoms with van der Waals surface area (Å²) >= 11 is 0. The van der Waals surface area contributed by atoms with Crippen LogP contribution >= 0.6 is 0 Å². The zero-order valence-electron chi connectivity index (χ0n) is 20.9. The van der Waals surface area contributed by atoms with Gasteiger partial charge in [0, 0.05) is 6.54 Å². The number of nitrogens with one attached hydrogen (secondary N) is 1. The Bertz CT molecular complexity index is 1520. The minimum atomic E-state index is -3.72. The highest BCUT2D eigenvalue weighted by molar-refractivity contribution is 7.90. The van der Waals surface area contributed by atoms with E-state index in [1.54, 1.807) is 54.6 Å². The maximum atomic E-state index is 13.4. The van der Waals surface area contributed by atoms with Crippen LogP contribution in [0.25, 0.3) is 11.1 Å². The molecule has 0 radical (unpaired) electrons. The minimum Gasteiger partial charge on any atom is -0.465 e. The highest BCUT2D eigenvalue weighted by Gasteiger charge is 2.31. The Hall–Kier alpha value is -4.51. The van der Waals surface area contributed by atoms with E-state index in [0.717, 1.165) is 5.56 Å². The number of hydrogen-bond acceptors (Lipinski definition) is 7. The van der Waals surface area contributed by atoms with E-state index in [1.165, 1.54) is 0 Å². The molecule has 0 aliphatic rings. The van der Waals surface area contributed by atoms with Crippen molar-refractivity contribution >= 4 is 38.8 Å².